The number of para-hydroxylation sites is 2. The van der Waals surface area contributed by atoms with Crippen molar-refractivity contribution in [2.45, 2.75) is 0 Å². The summed E-state index contributed by atoms with van der Waals surface area (Å²) in [7, 11) is 0. The standard InChI is InChI=1S/C66H41NO2/c1-2-11-42(12-3-1)44-13-8-15-46(35-44)48-17-10-18-49(37-48)47-16-9-14-45(36-47)43-23-29-54(30-24-43)67-61-31-25-50(52-27-33-65-59(40-52)55-19-4-6-21-63(55)68-65)38-57(61)58-39-51(26-32-62(58)67)53-28-34-66-60(41-53)56-20-5-7-22-64(56)69-66/h1-41H. The third-order valence-electron chi connectivity index (χ3n) is 14.0. The van der Waals surface area contributed by atoms with Crippen molar-refractivity contribution in [2.75, 3.05) is 0 Å². The van der Waals surface area contributed by atoms with E-state index in [1.165, 1.54) is 55.3 Å². The minimum Gasteiger partial charge on any atom is -0.456 e. The van der Waals surface area contributed by atoms with Gasteiger partial charge in [-0.15, -0.1) is 0 Å². The van der Waals surface area contributed by atoms with Gasteiger partial charge in [0.25, 0.3) is 0 Å². The molecule has 0 spiro atoms. The largest absolute Gasteiger partial charge is 0.456 e. The summed E-state index contributed by atoms with van der Waals surface area (Å²) in [4.78, 5) is 0. The molecule has 14 rings (SSSR count). The van der Waals surface area contributed by atoms with E-state index in [2.05, 4.69) is 229 Å². The van der Waals surface area contributed by atoms with Crippen LogP contribution in [-0.2, 0) is 0 Å². The van der Waals surface area contributed by atoms with Crippen LogP contribution in [0.15, 0.2) is 258 Å². The summed E-state index contributed by atoms with van der Waals surface area (Å²) in [5, 5.41) is 6.90. The van der Waals surface area contributed by atoms with Gasteiger partial charge in [-0.3, -0.25) is 0 Å². The van der Waals surface area contributed by atoms with E-state index in [-0.39, 0.29) is 0 Å². The molecule has 0 saturated heterocycles. The molecule has 322 valence electrons. The molecule has 0 radical (unpaired) electrons. The van der Waals surface area contributed by atoms with Crippen molar-refractivity contribution in [3.8, 4) is 72.4 Å². The average molecular weight is 880 g/mol. The summed E-state index contributed by atoms with van der Waals surface area (Å²) in [5.74, 6) is 0. The minimum absolute atomic E-state index is 0.898. The van der Waals surface area contributed by atoms with E-state index in [1.807, 2.05) is 24.3 Å². The van der Waals surface area contributed by atoms with Crippen LogP contribution in [-0.4, -0.2) is 4.57 Å². The van der Waals surface area contributed by atoms with Crippen molar-refractivity contribution in [1.29, 1.82) is 0 Å². The smallest absolute Gasteiger partial charge is 0.135 e. The van der Waals surface area contributed by atoms with Gasteiger partial charge in [0, 0.05) is 38.0 Å². The first-order valence-electron chi connectivity index (χ1n) is 23.5. The normalized spacial score (nSPS) is 11.8. The number of hydrogen-bond donors (Lipinski definition) is 0. The summed E-state index contributed by atoms with van der Waals surface area (Å²) in [5.41, 5.74) is 21.2. The fraction of sp³-hybridized carbons (Fsp3) is 0. The Bertz CT molecular complexity index is 4130. The number of rotatable bonds is 7. The van der Waals surface area contributed by atoms with Gasteiger partial charge >= 0.3 is 0 Å². The summed E-state index contributed by atoms with van der Waals surface area (Å²) in [6.07, 6.45) is 0. The highest BCUT2D eigenvalue weighted by atomic mass is 16.3. The molecule has 3 heteroatoms. The van der Waals surface area contributed by atoms with Crippen LogP contribution in [0.2, 0.25) is 0 Å². The first-order chi connectivity index (χ1) is 34.1. The molecular weight excluding hydrogens is 839 g/mol. The van der Waals surface area contributed by atoms with Gasteiger partial charge in [0.2, 0.25) is 0 Å². The van der Waals surface area contributed by atoms with Crippen molar-refractivity contribution in [3.05, 3.63) is 249 Å². The number of fused-ring (bicyclic) bond motifs is 9. The van der Waals surface area contributed by atoms with Gasteiger partial charge < -0.3 is 13.4 Å². The third-order valence-corrected chi connectivity index (χ3v) is 14.0. The molecule has 11 aromatic carbocycles. The van der Waals surface area contributed by atoms with Crippen LogP contribution in [0.25, 0.3) is 138 Å². The van der Waals surface area contributed by atoms with Gasteiger partial charge in [-0.1, -0.05) is 158 Å². The van der Waals surface area contributed by atoms with Crippen LogP contribution in [0.5, 0.6) is 0 Å². The first kappa shape index (κ1) is 39.0. The highest BCUT2D eigenvalue weighted by Crippen LogP contribution is 2.41. The molecule has 0 atom stereocenters. The van der Waals surface area contributed by atoms with Gasteiger partial charge in [-0.05, 0) is 158 Å². The van der Waals surface area contributed by atoms with E-state index in [4.69, 9.17) is 8.83 Å². The van der Waals surface area contributed by atoms with Crippen LogP contribution >= 0.6 is 0 Å². The Hall–Kier alpha value is -9.18. The Morgan fingerprint density at radius 3 is 0.986 bits per heavy atom. The van der Waals surface area contributed by atoms with E-state index in [1.54, 1.807) is 0 Å². The van der Waals surface area contributed by atoms with Crippen molar-refractivity contribution < 1.29 is 8.83 Å². The summed E-state index contributed by atoms with van der Waals surface area (Å²) in [6, 6.07) is 89.7. The van der Waals surface area contributed by atoms with Crippen LogP contribution < -0.4 is 0 Å². The van der Waals surface area contributed by atoms with Crippen molar-refractivity contribution >= 4 is 65.7 Å². The lowest BCUT2D eigenvalue weighted by Crippen LogP contribution is -1.94. The highest BCUT2D eigenvalue weighted by Gasteiger charge is 2.17. The predicted molar refractivity (Wildman–Crippen MR) is 288 cm³/mol. The molecule has 3 aromatic heterocycles. The molecule has 0 aliphatic heterocycles. The molecule has 69 heavy (non-hydrogen) atoms. The Morgan fingerprint density at radius 2 is 0.522 bits per heavy atom. The lowest BCUT2D eigenvalue weighted by molar-refractivity contribution is 0.668. The topological polar surface area (TPSA) is 31.2 Å². The average Bonchev–Trinajstić information content (AvgIpc) is 4.10. The number of nitrogens with zero attached hydrogens (tertiary/aromatic N) is 1. The SMILES string of the molecule is c1ccc(-c2cccc(-c3cccc(-c4cccc(-c5ccc(-n6c7ccc(-c8ccc9oc%10ccccc%10c9c8)cc7c7cc(-c8ccc9oc%10ccccc%10c9c8)ccc76)cc5)c4)c3)c2)cc1. The molecule has 0 amide bonds. The molecule has 3 nitrogen and oxygen atoms in total. The maximum absolute atomic E-state index is 6.21. The third kappa shape index (κ3) is 6.66. The van der Waals surface area contributed by atoms with E-state index in [9.17, 15) is 0 Å². The zero-order valence-corrected chi connectivity index (χ0v) is 37.4. The zero-order chi connectivity index (χ0) is 45.4. The molecule has 0 N–H and O–H groups in total. The molecule has 0 aliphatic carbocycles. The molecule has 0 saturated carbocycles. The number of aromatic nitrogens is 1. The van der Waals surface area contributed by atoms with Gasteiger partial charge in [-0.2, -0.15) is 0 Å². The first-order valence-corrected chi connectivity index (χ1v) is 23.5. The van der Waals surface area contributed by atoms with Gasteiger partial charge in [-0.25, -0.2) is 0 Å². The Kier molecular flexibility index (Phi) is 8.90. The number of hydrogen-bond acceptors (Lipinski definition) is 2. The maximum atomic E-state index is 6.21. The fourth-order valence-electron chi connectivity index (χ4n) is 10.5. The summed E-state index contributed by atoms with van der Waals surface area (Å²) in [6.45, 7) is 0. The van der Waals surface area contributed by atoms with Gasteiger partial charge in [0.15, 0.2) is 0 Å². The lowest BCUT2D eigenvalue weighted by atomic mass is 9.95. The van der Waals surface area contributed by atoms with Crippen molar-refractivity contribution in [2.24, 2.45) is 0 Å². The van der Waals surface area contributed by atoms with Crippen LogP contribution in [0, 0.1) is 0 Å². The van der Waals surface area contributed by atoms with E-state index in [0.717, 1.165) is 82.9 Å². The molecule has 14 aromatic rings. The molecule has 3 heterocycles. The molecule has 0 unspecified atom stereocenters. The van der Waals surface area contributed by atoms with Crippen LogP contribution in [0.3, 0.4) is 0 Å². The van der Waals surface area contributed by atoms with Gasteiger partial charge in [0.1, 0.15) is 22.3 Å². The Balaban J connectivity index is 0.851. The van der Waals surface area contributed by atoms with Crippen molar-refractivity contribution in [3.63, 3.8) is 0 Å². The highest BCUT2D eigenvalue weighted by molar-refractivity contribution is 6.13. The maximum Gasteiger partial charge on any atom is 0.135 e. The van der Waals surface area contributed by atoms with E-state index >= 15 is 0 Å². The number of benzene rings is 11. The Labute approximate surface area is 398 Å². The second kappa shape index (κ2) is 15.7. The summed E-state index contributed by atoms with van der Waals surface area (Å²) < 4.78 is 14.8. The Morgan fingerprint density at radius 1 is 0.203 bits per heavy atom. The quantitative estimate of drug-likeness (QED) is 0.160. The monoisotopic (exact) mass is 879 g/mol. The second-order valence-corrected chi connectivity index (χ2v) is 18.1. The second-order valence-electron chi connectivity index (χ2n) is 18.1. The van der Waals surface area contributed by atoms with E-state index < -0.39 is 0 Å². The molecule has 0 aliphatic rings. The van der Waals surface area contributed by atoms with Crippen LogP contribution in [0.4, 0.5) is 0 Å². The lowest BCUT2D eigenvalue weighted by Gasteiger charge is -2.12. The zero-order valence-electron chi connectivity index (χ0n) is 37.4. The molecule has 0 fully saturated rings. The molecular formula is C66H41NO2. The molecule has 0 bridgehead atoms. The van der Waals surface area contributed by atoms with Crippen LogP contribution in [0.1, 0.15) is 0 Å². The predicted octanol–water partition coefficient (Wildman–Crippen LogP) is 18.6. The summed E-state index contributed by atoms with van der Waals surface area (Å²) >= 11 is 0. The van der Waals surface area contributed by atoms with E-state index in [0.29, 0.717) is 0 Å². The number of furan rings is 2. The van der Waals surface area contributed by atoms with Crippen molar-refractivity contribution in [1.82, 2.24) is 4.57 Å². The minimum atomic E-state index is 0.898. The van der Waals surface area contributed by atoms with Gasteiger partial charge in [0.05, 0.1) is 11.0 Å². The fourth-order valence-corrected chi connectivity index (χ4v) is 10.5.